The number of nitrogens with zero attached hydrogens (tertiary/aromatic N) is 3. The van der Waals surface area contributed by atoms with Crippen LogP contribution in [0.3, 0.4) is 0 Å². The maximum atomic E-state index is 11.4. The van der Waals surface area contributed by atoms with E-state index in [0.29, 0.717) is 13.0 Å². The number of carbonyl (C=O) groups excluding carboxylic acids is 1. The van der Waals surface area contributed by atoms with E-state index in [0.717, 1.165) is 45.4 Å². The van der Waals surface area contributed by atoms with Crippen LogP contribution in [0.5, 0.6) is 0 Å². The Kier molecular flexibility index (Phi) is 11.6. The van der Waals surface area contributed by atoms with Crippen LogP contribution in [-0.4, -0.2) is 88.7 Å². The van der Waals surface area contributed by atoms with Crippen molar-refractivity contribution in [3.05, 3.63) is 0 Å². The highest BCUT2D eigenvalue weighted by Gasteiger charge is 2.09. The van der Waals surface area contributed by atoms with E-state index in [1.807, 2.05) is 0 Å². The maximum absolute atomic E-state index is 11.4. The van der Waals surface area contributed by atoms with Gasteiger partial charge in [0.25, 0.3) is 0 Å². The molecule has 0 spiro atoms. The average molecular weight is 413 g/mol. The lowest BCUT2D eigenvalue weighted by atomic mass is 10.4. The zero-order valence-corrected chi connectivity index (χ0v) is 15.6. The van der Waals surface area contributed by atoms with Gasteiger partial charge in [0.15, 0.2) is 5.96 Å². The fraction of sp³-hybridized carbons (Fsp3) is 0.846. The molecule has 0 aromatic rings. The van der Waals surface area contributed by atoms with Gasteiger partial charge < -0.3 is 20.3 Å². The van der Waals surface area contributed by atoms with Crippen LogP contribution in [0.25, 0.3) is 0 Å². The molecule has 0 atom stereocenters. The van der Waals surface area contributed by atoms with E-state index < -0.39 is 0 Å². The molecule has 1 fully saturated rings. The van der Waals surface area contributed by atoms with Crippen molar-refractivity contribution in [2.45, 2.75) is 6.42 Å². The standard InChI is InChI=1S/C13H27N5O2.HI/c1-14-13(15-5-4-12(19)17(2)3)16-6-7-18-8-10-20-11-9-18;/h4-11H2,1-3H3,(H2,14,15,16);1H. The molecule has 0 aromatic carbocycles. The molecule has 21 heavy (non-hydrogen) atoms. The predicted molar refractivity (Wildman–Crippen MR) is 95.3 cm³/mol. The Labute approximate surface area is 144 Å². The molecule has 0 radical (unpaired) electrons. The highest BCUT2D eigenvalue weighted by molar-refractivity contribution is 14.0. The minimum atomic E-state index is 0. The van der Waals surface area contributed by atoms with Crippen LogP contribution in [-0.2, 0) is 9.53 Å². The van der Waals surface area contributed by atoms with Crippen LogP contribution in [0.15, 0.2) is 4.99 Å². The summed E-state index contributed by atoms with van der Waals surface area (Å²) >= 11 is 0. The molecular formula is C13H28IN5O2. The molecule has 1 aliphatic rings. The molecule has 0 saturated carbocycles. The summed E-state index contributed by atoms with van der Waals surface area (Å²) in [7, 11) is 5.26. The molecule has 7 nitrogen and oxygen atoms in total. The number of nitrogens with one attached hydrogen (secondary N) is 2. The third-order valence-electron chi connectivity index (χ3n) is 3.18. The van der Waals surface area contributed by atoms with E-state index in [-0.39, 0.29) is 29.9 Å². The molecule has 1 saturated heterocycles. The number of halogens is 1. The highest BCUT2D eigenvalue weighted by atomic mass is 127. The van der Waals surface area contributed by atoms with Crippen molar-refractivity contribution in [3.8, 4) is 0 Å². The van der Waals surface area contributed by atoms with Crippen LogP contribution < -0.4 is 10.6 Å². The molecule has 0 bridgehead atoms. The third-order valence-corrected chi connectivity index (χ3v) is 3.18. The van der Waals surface area contributed by atoms with E-state index in [4.69, 9.17) is 4.74 Å². The first-order chi connectivity index (χ1) is 9.63. The molecule has 8 heteroatoms. The molecule has 0 unspecified atom stereocenters. The van der Waals surface area contributed by atoms with Gasteiger partial charge in [-0.2, -0.15) is 0 Å². The molecule has 2 N–H and O–H groups in total. The zero-order valence-electron chi connectivity index (χ0n) is 13.2. The zero-order chi connectivity index (χ0) is 14.8. The van der Waals surface area contributed by atoms with Crippen LogP contribution in [0, 0.1) is 0 Å². The van der Waals surface area contributed by atoms with Crippen molar-refractivity contribution in [1.82, 2.24) is 20.4 Å². The quantitative estimate of drug-likeness (QED) is 0.352. The van der Waals surface area contributed by atoms with Gasteiger partial charge in [-0.1, -0.05) is 0 Å². The molecular weight excluding hydrogens is 385 g/mol. The predicted octanol–water partition coefficient (Wildman–Crippen LogP) is -0.420. The summed E-state index contributed by atoms with van der Waals surface area (Å²) < 4.78 is 5.31. The molecule has 1 aliphatic heterocycles. The van der Waals surface area contributed by atoms with E-state index >= 15 is 0 Å². The highest BCUT2D eigenvalue weighted by Crippen LogP contribution is 1.94. The van der Waals surface area contributed by atoms with Gasteiger partial charge in [-0.3, -0.25) is 14.7 Å². The maximum Gasteiger partial charge on any atom is 0.223 e. The largest absolute Gasteiger partial charge is 0.379 e. The number of aliphatic imine (C=N–C) groups is 1. The van der Waals surface area contributed by atoms with Crippen molar-refractivity contribution in [3.63, 3.8) is 0 Å². The summed E-state index contributed by atoms with van der Waals surface area (Å²) in [5.41, 5.74) is 0. The van der Waals surface area contributed by atoms with Crippen LogP contribution >= 0.6 is 24.0 Å². The van der Waals surface area contributed by atoms with Crippen molar-refractivity contribution in [2.24, 2.45) is 4.99 Å². The second-order valence-electron chi connectivity index (χ2n) is 4.92. The molecule has 1 rings (SSSR count). The SMILES string of the molecule is CN=C(NCCC(=O)N(C)C)NCCN1CCOCC1.I. The van der Waals surface area contributed by atoms with Crippen LogP contribution in [0.1, 0.15) is 6.42 Å². The Balaban J connectivity index is 0.00000400. The van der Waals surface area contributed by atoms with Gasteiger partial charge in [0, 0.05) is 60.3 Å². The van der Waals surface area contributed by atoms with Crippen LogP contribution in [0.4, 0.5) is 0 Å². The first-order valence-corrected chi connectivity index (χ1v) is 7.08. The normalized spacial score (nSPS) is 16.0. The lowest BCUT2D eigenvalue weighted by molar-refractivity contribution is -0.128. The molecule has 0 aromatic heterocycles. The number of hydrogen-bond acceptors (Lipinski definition) is 4. The van der Waals surface area contributed by atoms with Gasteiger partial charge in [-0.05, 0) is 0 Å². The second-order valence-corrected chi connectivity index (χ2v) is 4.92. The first kappa shape index (κ1) is 20.4. The summed E-state index contributed by atoms with van der Waals surface area (Å²) in [6.07, 6.45) is 0.469. The van der Waals surface area contributed by atoms with Crippen LogP contribution in [0.2, 0.25) is 0 Å². The van der Waals surface area contributed by atoms with Crippen molar-refractivity contribution < 1.29 is 9.53 Å². The monoisotopic (exact) mass is 413 g/mol. The number of hydrogen-bond donors (Lipinski definition) is 2. The topological polar surface area (TPSA) is 69.2 Å². The van der Waals surface area contributed by atoms with Gasteiger partial charge in [-0.25, -0.2) is 0 Å². The van der Waals surface area contributed by atoms with Gasteiger partial charge in [0.1, 0.15) is 0 Å². The van der Waals surface area contributed by atoms with Crippen molar-refractivity contribution in [2.75, 3.05) is 67.1 Å². The summed E-state index contributed by atoms with van der Waals surface area (Å²) in [4.78, 5) is 19.5. The molecule has 1 heterocycles. The molecule has 1 amide bonds. The van der Waals surface area contributed by atoms with Gasteiger partial charge in [-0.15, -0.1) is 24.0 Å². The van der Waals surface area contributed by atoms with Crippen molar-refractivity contribution in [1.29, 1.82) is 0 Å². The first-order valence-electron chi connectivity index (χ1n) is 7.08. The molecule has 0 aliphatic carbocycles. The van der Waals surface area contributed by atoms with Crippen molar-refractivity contribution >= 4 is 35.8 Å². The van der Waals surface area contributed by atoms with E-state index in [9.17, 15) is 4.79 Å². The van der Waals surface area contributed by atoms with E-state index in [2.05, 4.69) is 20.5 Å². The summed E-state index contributed by atoms with van der Waals surface area (Å²) in [6, 6.07) is 0. The number of rotatable bonds is 6. The lowest BCUT2D eigenvalue weighted by Crippen LogP contribution is -2.45. The fourth-order valence-electron chi connectivity index (χ4n) is 1.89. The smallest absolute Gasteiger partial charge is 0.223 e. The summed E-state index contributed by atoms with van der Waals surface area (Å²) in [6.45, 7) is 6.02. The van der Waals surface area contributed by atoms with E-state index in [1.165, 1.54) is 0 Å². The van der Waals surface area contributed by atoms with Gasteiger partial charge in [0.05, 0.1) is 13.2 Å². The second kappa shape index (κ2) is 12.0. The Morgan fingerprint density at radius 3 is 2.43 bits per heavy atom. The minimum absolute atomic E-state index is 0. The third kappa shape index (κ3) is 9.10. The number of ether oxygens (including phenoxy) is 1. The fourth-order valence-corrected chi connectivity index (χ4v) is 1.89. The lowest BCUT2D eigenvalue weighted by Gasteiger charge is -2.26. The number of amides is 1. The van der Waals surface area contributed by atoms with Gasteiger partial charge >= 0.3 is 0 Å². The Morgan fingerprint density at radius 2 is 1.86 bits per heavy atom. The number of carbonyl (C=O) groups is 1. The Morgan fingerprint density at radius 1 is 1.24 bits per heavy atom. The molecule has 124 valence electrons. The average Bonchev–Trinajstić information content (AvgIpc) is 2.46. The minimum Gasteiger partial charge on any atom is -0.379 e. The van der Waals surface area contributed by atoms with Gasteiger partial charge in [0.2, 0.25) is 5.91 Å². The van der Waals surface area contributed by atoms with E-state index in [1.54, 1.807) is 26.0 Å². The number of guanidine groups is 1. The number of morpholine rings is 1. The summed E-state index contributed by atoms with van der Waals surface area (Å²) in [5, 5.41) is 6.39. The Bertz CT molecular complexity index is 320. The Hall–Kier alpha value is -0.610. The summed E-state index contributed by atoms with van der Waals surface area (Å²) in [5.74, 6) is 0.853.